The summed E-state index contributed by atoms with van der Waals surface area (Å²) in [6, 6.07) is 0.808. The first-order valence-corrected chi connectivity index (χ1v) is 6.71. The molecule has 0 aromatic carbocycles. The SMILES string of the molecule is CCNCC1CCC1N1CCOC(C)(C)C1. The molecule has 1 aliphatic carbocycles. The predicted octanol–water partition coefficient (Wildman–Crippen LogP) is 1.49. The van der Waals surface area contributed by atoms with E-state index in [1.807, 2.05) is 0 Å². The molecule has 0 spiro atoms. The first-order valence-electron chi connectivity index (χ1n) is 6.71. The van der Waals surface area contributed by atoms with Crippen molar-refractivity contribution in [2.24, 2.45) is 5.92 Å². The number of hydrogen-bond donors (Lipinski definition) is 1. The second-order valence-electron chi connectivity index (χ2n) is 5.79. The van der Waals surface area contributed by atoms with Crippen molar-refractivity contribution in [1.29, 1.82) is 0 Å². The first kappa shape index (κ1) is 12.3. The predicted molar refractivity (Wildman–Crippen MR) is 66.7 cm³/mol. The van der Waals surface area contributed by atoms with Gasteiger partial charge in [0.2, 0.25) is 0 Å². The van der Waals surface area contributed by atoms with Gasteiger partial charge < -0.3 is 10.1 Å². The monoisotopic (exact) mass is 226 g/mol. The molecule has 2 fully saturated rings. The van der Waals surface area contributed by atoms with Crippen LogP contribution in [-0.4, -0.2) is 49.3 Å². The largest absolute Gasteiger partial charge is 0.373 e. The van der Waals surface area contributed by atoms with Gasteiger partial charge in [-0.25, -0.2) is 0 Å². The van der Waals surface area contributed by atoms with E-state index in [-0.39, 0.29) is 5.60 Å². The molecule has 1 aliphatic heterocycles. The molecular formula is C13H26N2O. The van der Waals surface area contributed by atoms with Gasteiger partial charge in [0.15, 0.2) is 0 Å². The van der Waals surface area contributed by atoms with E-state index in [2.05, 4.69) is 31.0 Å². The van der Waals surface area contributed by atoms with Crippen LogP contribution in [0.2, 0.25) is 0 Å². The Balaban J connectivity index is 1.83. The van der Waals surface area contributed by atoms with Crippen molar-refractivity contribution in [2.45, 2.75) is 45.3 Å². The molecule has 1 saturated carbocycles. The fraction of sp³-hybridized carbons (Fsp3) is 1.00. The summed E-state index contributed by atoms with van der Waals surface area (Å²) in [4.78, 5) is 2.65. The van der Waals surface area contributed by atoms with Crippen LogP contribution in [0, 0.1) is 5.92 Å². The van der Waals surface area contributed by atoms with Crippen molar-refractivity contribution >= 4 is 0 Å². The molecule has 2 atom stereocenters. The lowest BCUT2D eigenvalue weighted by Crippen LogP contribution is -2.58. The second-order valence-corrected chi connectivity index (χ2v) is 5.79. The minimum atomic E-state index is 0.0522. The minimum absolute atomic E-state index is 0.0522. The summed E-state index contributed by atoms with van der Waals surface area (Å²) in [5, 5.41) is 3.48. The normalized spacial score (nSPS) is 34.7. The zero-order valence-electron chi connectivity index (χ0n) is 11.0. The van der Waals surface area contributed by atoms with Gasteiger partial charge in [-0.1, -0.05) is 6.92 Å². The molecular weight excluding hydrogens is 200 g/mol. The third-order valence-corrected chi connectivity index (χ3v) is 3.96. The van der Waals surface area contributed by atoms with Crippen LogP contribution in [0.3, 0.4) is 0 Å². The van der Waals surface area contributed by atoms with E-state index < -0.39 is 0 Å². The van der Waals surface area contributed by atoms with Crippen LogP contribution < -0.4 is 5.32 Å². The van der Waals surface area contributed by atoms with Crippen molar-refractivity contribution < 1.29 is 4.74 Å². The molecule has 0 aromatic heterocycles. The minimum Gasteiger partial charge on any atom is -0.373 e. The van der Waals surface area contributed by atoms with Crippen LogP contribution in [0.4, 0.5) is 0 Å². The third-order valence-electron chi connectivity index (χ3n) is 3.96. The lowest BCUT2D eigenvalue weighted by atomic mass is 9.77. The molecule has 3 heteroatoms. The molecule has 16 heavy (non-hydrogen) atoms. The molecule has 3 nitrogen and oxygen atoms in total. The van der Waals surface area contributed by atoms with Gasteiger partial charge in [-0.2, -0.15) is 0 Å². The van der Waals surface area contributed by atoms with Gasteiger partial charge in [0, 0.05) is 19.1 Å². The molecule has 0 amide bonds. The van der Waals surface area contributed by atoms with E-state index in [0.29, 0.717) is 0 Å². The second kappa shape index (κ2) is 5.03. The van der Waals surface area contributed by atoms with Gasteiger partial charge in [-0.15, -0.1) is 0 Å². The van der Waals surface area contributed by atoms with Crippen LogP contribution >= 0.6 is 0 Å². The van der Waals surface area contributed by atoms with Crippen LogP contribution in [0.1, 0.15) is 33.6 Å². The molecule has 2 aliphatic rings. The molecule has 0 aromatic rings. The maximum Gasteiger partial charge on any atom is 0.0753 e. The van der Waals surface area contributed by atoms with Crippen molar-refractivity contribution in [2.75, 3.05) is 32.8 Å². The van der Waals surface area contributed by atoms with E-state index in [1.165, 1.54) is 19.4 Å². The number of nitrogens with one attached hydrogen (secondary N) is 1. The number of morpholine rings is 1. The summed E-state index contributed by atoms with van der Waals surface area (Å²) in [5.41, 5.74) is 0.0522. The number of hydrogen-bond acceptors (Lipinski definition) is 3. The van der Waals surface area contributed by atoms with Gasteiger partial charge >= 0.3 is 0 Å². The Hall–Kier alpha value is -0.120. The van der Waals surface area contributed by atoms with E-state index in [4.69, 9.17) is 4.74 Å². The molecule has 0 bridgehead atoms. The van der Waals surface area contributed by atoms with Gasteiger partial charge in [-0.3, -0.25) is 4.90 Å². The van der Waals surface area contributed by atoms with Gasteiger partial charge in [0.1, 0.15) is 0 Å². The summed E-state index contributed by atoms with van der Waals surface area (Å²) in [6.45, 7) is 12.0. The molecule has 2 unspecified atom stereocenters. The maximum atomic E-state index is 5.77. The lowest BCUT2D eigenvalue weighted by molar-refractivity contribution is -0.114. The summed E-state index contributed by atoms with van der Waals surface area (Å²) in [6.07, 6.45) is 2.78. The summed E-state index contributed by atoms with van der Waals surface area (Å²) in [7, 11) is 0. The van der Waals surface area contributed by atoms with Gasteiger partial charge in [0.05, 0.1) is 12.2 Å². The molecule has 2 rings (SSSR count). The highest BCUT2D eigenvalue weighted by Gasteiger charge is 2.39. The Morgan fingerprint density at radius 3 is 2.75 bits per heavy atom. The Labute approximate surface area is 99.5 Å². The third kappa shape index (κ3) is 2.76. The van der Waals surface area contributed by atoms with E-state index >= 15 is 0 Å². The summed E-state index contributed by atoms with van der Waals surface area (Å²) in [5.74, 6) is 0.869. The van der Waals surface area contributed by atoms with E-state index in [9.17, 15) is 0 Å². The highest BCUT2D eigenvalue weighted by Crippen LogP contribution is 2.34. The van der Waals surface area contributed by atoms with E-state index in [0.717, 1.165) is 38.2 Å². The Morgan fingerprint density at radius 2 is 2.19 bits per heavy atom. The molecule has 0 radical (unpaired) electrons. The smallest absolute Gasteiger partial charge is 0.0753 e. The standard InChI is InChI=1S/C13H26N2O/c1-4-14-9-11-5-6-12(11)15-7-8-16-13(2,3)10-15/h11-12,14H,4-10H2,1-3H3. The Morgan fingerprint density at radius 1 is 1.38 bits per heavy atom. The van der Waals surface area contributed by atoms with E-state index in [1.54, 1.807) is 0 Å². The average molecular weight is 226 g/mol. The number of rotatable bonds is 4. The lowest BCUT2D eigenvalue weighted by Gasteiger charge is -2.49. The van der Waals surface area contributed by atoms with Gasteiger partial charge in [0.25, 0.3) is 0 Å². The Bertz CT molecular complexity index is 230. The number of nitrogens with zero attached hydrogens (tertiary/aromatic N) is 1. The average Bonchev–Trinajstić information content (AvgIpc) is 2.15. The zero-order valence-corrected chi connectivity index (χ0v) is 11.0. The maximum absolute atomic E-state index is 5.77. The highest BCUT2D eigenvalue weighted by atomic mass is 16.5. The zero-order chi connectivity index (χ0) is 11.6. The Kier molecular flexibility index (Phi) is 3.88. The molecule has 1 heterocycles. The summed E-state index contributed by atoms with van der Waals surface area (Å²) >= 11 is 0. The van der Waals surface area contributed by atoms with Crippen LogP contribution in [0.5, 0.6) is 0 Å². The quantitative estimate of drug-likeness (QED) is 0.786. The van der Waals surface area contributed by atoms with Crippen molar-refractivity contribution in [3.63, 3.8) is 0 Å². The van der Waals surface area contributed by atoms with Crippen LogP contribution in [0.15, 0.2) is 0 Å². The van der Waals surface area contributed by atoms with Gasteiger partial charge in [-0.05, 0) is 45.7 Å². The summed E-state index contributed by atoms with van der Waals surface area (Å²) < 4.78 is 5.77. The molecule has 94 valence electrons. The number of ether oxygens (including phenoxy) is 1. The van der Waals surface area contributed by atoms with Crippen molar-refractivity contribution in [3.8, 4) is 0 Å². The fourth-order valence-electron chi connectivity index (χ4n) is 2.94. The fourth-order valence-corrected chi connectivity index (χ4v) is 2.94. The van der Waals surface area contributed by atoms with Crippen LogP contribution in [-0.2, 0) is 4.74 Å². The highest BCUT2D eigenvalue weighted by molar-refractivity contribution is 4.93. The van der Waals surface area contributed by atoms with Crippen molar-refractivity contribution in [3.05, 3.63) is 0 Å². The topological polar surface area (TPSA) is 24.5 Å². The molecule has 1 N–H and O–H groups in total. The first-order chi connectivity index (χ1) is 7.62. The van der Waals surface area contributed by atoms with Crippen molar-refractivity contribution in [1.82, 2.24) is 10.2 Å². The molecule has 1 saturated heterocycles. The van der Waals surface area contributed by atoms with Crippen LogP contribution in [0.25, 0.3) is 0 Å².